The van der Waals surface area contributed by atoms with Gasteiger partial charge in [0.2, 0.25) is 0 Å². The molecule has 0 amide bonds. The van der Waals surface area contributed by atoms with Gasteiger partial charge in [-0.05, 0) is 24.1 Å². The standard InChI is InChI=1S/C12H13BrFN3O2S/c1-7(2)10-6-12(16-15-10)17-20(18,19)11-4-3-8(13)5-9(11)14/h3-7H,1-2H3,(H2,15,16,17). The van der Waals surface area contributed by atoms with E-state index in [4.69, 9.17) is 0 Å². The highest BCUT2D eigenvalue weighted by Gasteiger charge is 2.20. The van der Waals surface area contributed by atoms with Crippen LogP contribution in [0.15, 0.2) is 33.6 Å². The number of sulfonamides is 1. The first kappa shape index (κ1) is 15.0. The van der Waals surface area contributed by atoms with E-state index in [0.29, 0.717) is 4.47 Å². The zero-order valence-corrected chi connectivity index (χ0v) is 13.2. The van der Waals surface area contributed by atoms with E-state index in [0.717, 1.165) is 11.8 Å². The number of H-pyrrole nitrogens is 1. The van der Waals surface area contributed by atoms with Crippen LogP contribution in [0.4, 0.5) is 10.2 Å². The van der Waals surface area contributed by atoms with Gasteiger partial charge in [0, 0.05) is 16.2 Å². The van der Waals surface area contributed by atoms with Gasteiger partial charge in [0.25, 0.3) is 10.0 Å². The second kappa shape index (κ2) is 5.53. The van der Waals surface area contributed by atoms with Crippen LogP contribution in [0.1, 0.15) is 25.5 Å². The van der Waals surface area contributed by atoms with Gasteiger partial charge in [-0.15, -0.1) is 0 Å². The second-order valence-corrected chi connectivity index (χ2v) is 7.11. The van der Waals surface area contributed by atoms with Crippen molar-refractivity contribution in [3.8, 4) is 0 Å². The summed E-state index contributed by atoms with van der Waals surface area (Å²) in [4.78, 5) is -0.421. The van der Waals surface area contributed by atoms with E-state index in [1.807, 2.05) is 13.8 Å². The van der Waals surface area contributed by atoms with Crippen LogP contribution >= 0.6 is 15.9 Å². The number of benzene rings is 1. The topological polar surface area (TPSA) is 74.8 Å². The number of hydrogen-bond acceptors (Lipinski definition) is 3. The monoisotopic (exact) mass is 361 g/mol. The molecule has 0 saturated carbocycles. The van der Waals surface area contributed by atoms with Crippen molar-refractivity contribution in [2.24, 2.45) is 0 Å². The average molecular weight is 362 g/mol. The maximum atomic E-state index is 13.7. The molecule has 2 N–H and O–H groups in total. The normalized spacial score (nSPS) is 11.8. The molecule has 5 nitrogen and oxygen atoms in total. The molecule has 108 valence electrons. The lowest BCUT2D eigenvalue weighted by atomic mass is 10.1. The van der Waals surface area contributed by atoms with Crippen LogP contribution in [0.25, 0.3) is 0 Å². The van der Waals surface area contributed by atoms with E-state index in [-0.39, 0.29) is 11.7 Å². The highest BCUT2D eigenvalue weighted by Crippen LogP contribution is 2.22. The van der Waals surface area contributed by atoms with Crippen LogP contribution in [0, 0.1) is 5.82 Å². The molecule has 0 fully saturated rings. The molecule has 1 heterocycles. The minimum Gasteiger partial charge on any atom is -0.280 e. The SMILES string of the molecule is CC(C)c1cc(NS(=O)(=O)c2ccc(Br)cc2F)n[nH]1. The maximum Gasteiger partial charge on any atom is 0.266 e. The van der Waals surface area contributed by atoms with Crippen molar-refractivity contribution in [2.75, 3.05) is 4.72 Å². The van der Waals surface area contributed by atoms with Gasteiger partial charge in [0.1, 0.15) is 10.7 Å². The fourth-order valence-corrected chi connectivity index (χ4v) is 2.96. The molecule has 0 aliphatic carbocycles. The van der Waals surface area contributed by atoms with Gasteiger partial charge in [-0.1, -0.05) is 29.8 Å². The molecular weight excluding hydrogens is 349 g/mol. The number of halogens is 2. The van der Waals surface area contributed by atoms with E-state index >= 15 is 0 Å². The summed E-state index contributed by atoms with van der Waals surface area (Å²) in [7, 11) is -4.00. The Labute approximate surface area is 124 Å². The summed E-state index contributed by atoms with van der Waals surface area (Å²) >= 11 is 3.08. The Morgan fingerprint density at radius 1 is 1.35 bits per heavy atom. The number of anilines is 1. The van der Waals surface area contributed by atoms with Crippen molar-refractivity contribution < 1.29 is 12.8 Å². The molecule has 20 heavy (non-hydrogen) atoms. The largest absolute Gasteiger partial charge is 0.280 e. The lowest BCUT2D eigenvalue weighted by Gasteiger charge is -2.06. The van der Waals surface area contributed by atoms with Gasteiger partial charge in [0.05, 0.1) is 0 Å². The van der Waals surface area contributed by atoms with Crippen molar-refractivity contribution in [3.05, 3.63) is 40.2 Å². The zero-order chi connectivity index (χ0) is 14.9. The van der Waals surface area contributed by atoms with Gasteiger partial charge >= 0.3 is 0 Å². The molecule has 8 heteroatoms. The van der Waals surface area contributed by atoms with Crippen molar-refractivity contribution in [1.82, 2.24) is 10.2 Å². The Bertz CT molecular complexity index is 728. The molecule has 0 aliphatic heterocycles. The fraction of sp³-hybridized carbons (Fsp3) is 0.250. The molecular formula is C12H13BrFN3O2S. The first-order chi connectivity index (χ1) is 9.29. The predicted octanol–water partition coefficient (Wildman–Crippen LogP) is 3.24. The van der Waals surface area contributed by atoms with Crippen LogP contribution in [0.3, 0.4) is 0 Å². The second-order valence-electron chi connectivity index (χ2n) is 4.54. The van der Waals surface area contributed by atoms with Crippen LogP contribution in [-0.2, 0) is 10.0 Å². The van der Waals surface area contributed by atoms with Crippen LogP contribution in [0.5, 0.6) is 0 Å². The third kappa shape index (κ3) is 3.18. The summed E-state index contributed by atoms with van der Waals surface area (Å²) in [5, 5.41) is 6.57. The summed E-state index contributed by atoms with van der Waals surface area (Å²) in [5.74, 6) is -0.507. The van der Waals surface area contributed by atoms with Crippen LogP contribution in [0.2, 0.25) is 0 Å². The molecule has 0 unspecified atom stereocenters. The summed E-state index contributed by atoms with van der Waals surface area (Å²) < 4.78 is 40.6. The molecule has 0 atom stereocenters. The molecule has 0 spiro atoms. The quantitative estimate of drug-likeness (QED) is 0.877. The minimum atomic E-state index is -4.00. The summed E-state index contributed by atoms with van der Waals surface area (Å²) in [5.41, 5.74) is 0.791. The smallest absolute Gasteiger partial charge is 0.266 e. The first-order valence-corrected chi connectivity index (χ1v) is 8.10. The highest BCUT2D eigenvalue weighted by atomic mass is 79.9. The number of rotatable bonds is 4. The lowest BCUT2D eigenvalue weighted by molar-refractivity contribution is 0.569. The van der Waals surface area contributed by atoms with Crippen molar-refractivity contribution >= 4 is 31.8 Å². The summed E-state index contributed by atoms with van der Waals surface area (Å²) in [6.45, 7) is 3.89. The van der Waals surface area contributed by atoms with Crippen molar-refractivity contribution in [2.45, 2.75) is 24.7 Å². The van der Waals surface area contributed by atoms with E-state index in [9.17, 15) is 12.8 Å². The molecule has 0 aliphatic rings. The van der Waals surface area contributed by atoms with Gasteiger partial charge in [0.15, 0.2) is 5.82 Å². The number of aromatic amines is 1. The number of aromatic nitrogens is 2. The Kier molecular flexibility index (Phi) is 4.14. The van der Waals surface area contributed by atoms with Gasteiger partial charge in [-0.2, -0.15) is 5.10 Å². The maximum absolute atomic E-state index is 13.7. The minimum absolute atomic E-state index is 0.135. The van der Waals surface area contributed by atoms with Crippen molar-refractivity contribution in [1.29, 1.82) is 0 Å². The zero-order valence-electron chi connectivity index (χ0n) is 10.8. The third-order valence-corrected chi connectivity index (χ3v) is 4.52. The molecule has 0 radical (unpaired) electrons. The van der Waals surface area contributed by atoms with E-state index in [1.165, 1.54) is 12.1 Å². The predicted molar refractivity (Wildman–Crippen MR) is 77.6 cm³/mol. The van der Waals surface area contributed by atoms with Crippen LogP contribution in [-0.4, -0.2) is 18.6 Å². The summed E-state index contributed by atoms with van der Waals surface area (Å²) in [6, 6.07) is 5.33. The molecule has 1 aromatic heterocycles. The van der Waals surface area contributed by atoms with Crippen LogP contribution < -0.4 is 4.72 Å². The molecule has 1 aromatic carbocycles. The number of hydrogen-bond donors (Lipinski definition) is 2. The Morgan fingerprint density at radius 3 is 2.60 bits per heavy atom. The molecule has 0 bridgehead atoms. The van der Waals surface area contributed by atoms with Crippen molar-refractivity contribution in [3.63, 3.8) is 0 Å². The van der Waals surface area contributed by atoms with Gasteiger partial charge < -0.3 is 0 Å². The third-order valence-electron chi connectivity index (χ3n) is 2.64. The van der Waals surface area contributed by atoms with E-state index in [1.54, 1.807) is 6.07 Å². The first-order valence-electron chi connectivity index (χ1n) is 5.83. The number of nitrogens with one attached hydrogen (secondary N) is 2. The number of nitrogens with zero attached hydrogens (tertiary/aromatic N) is 1. The lowest BCUT2D eigenvalue weighted by Crippen LogP contribution is -2.14. The summed E-state index contributed by atoms with van der Waals surface area (Å²) in [6.07, 6.45) is 0. The van der Waals surface area contributed by atoms with E-state index < -0.39 is 20.7 Å². The molecule has 2 aromatic rings. The van der Waals surface area contributed by atoms with Gasteiger partial charge in [-0.25, -0.2) is 12.8 Å². The van der Waals surface area contributed by atoms with Gasteiger partial charge in [-0.3, -0.25) is 9.82 Å². The average Bonchev–Trinajstić information content (AvgIpc) is 2.76. The Hall–Kier alpha value is -1.41. The molecule has 2 rings (SSSR count). The van der Waals surface area contributed by atoms with E-state index in [2.05, 4.69) is 30.8 Å². The molecule has 0 saturated heterocycles. The Morgan fingerprint density at radius 2 is 2.05 bits per heavy atom. The fourth-order valence-electron chi connectivity index (χ4n) is 1.57. The highest BCUT2D eigenvalue weighted by molar-refractivity contribution is 9.10. The Balaban J connectivity index is 2.30.